The van der Waals surface area contributed by atoms with Crippen molar-refractivity contribution in [1.29, 1.82) is 5.26 Å². The number of nitriles is 1. The molecule has 0 aliphatic carbocycles. The molecule has 0 fully saturated rings. The van der Waals surface area contributed by atoms with E-state index in [1.54, 1.807) is 0 Å². The van der Waals surface area contributed by atoms with Crippen LogP contribution in [-0.2, 0) is 0 Å². The Labute approximate surface area is 107 Å². The number of aryl methyl sites for hydroxylation is 2. The highest BCUT2D eigenvalue weighted by atomic mass is 15.1. The lowest BCUT2D eigenvalue weighted by Crippen LogP contribution is -2.22. The second-order valence-electron chi connectivity index (χ2n) is 4.18. The van der Waals surface area contributed by atoms with Gasteiger partial charge in [-0.05, 0) is 43.5 Å². The maximum atomic E-state index is 9.20. The third kappa shape index (κ3) is 4.10. The number of benzene rings is 1. The molecule has 0 radical (unpaired) electrons. The van der Waals surface area contributed by atoms with Gasteiger partial charge < -0.3 is 0 Å². The van der Waals surface area contributed by atoms with Crippen LogP contribution in [-0.4, -0.2) is 13.1 Å². The van der Waals surface area contributed by atoms with E-state index in [1.807, 2.05) is 32.0 Å². The number of hydrogen-bond donors (Lipinski definition) is 1. The van der Waals surface area contributed by atoms with Crippen LogP contribution in [0.5, 0.6) is 0 Å². The zero-order chi connectivity index (χ0) is 13.4. The van der Waals surface area contributed by atoms with E-state index >= 15 is 0 Å². The summed E-state index contributed by atoms with van der Waals surface area (Å²) < 4.78 is 0. The molecule has 1 unspecified atom stereocenters. The van der Waals surface area contributed by atoms with Crippen LogP contribution in [0.15, 0.2) is 23.3 Å². The second-order valence-corrected chi connectivity index (χ2v) is 4.18. The Morgan fingerprint density at radius 2 is 2.28 bits per heavy atom. The van der Waals surface area contributed by atoms with Crippen LogP contribution in [0.3, 0.4) is 0 Å². The summed E-state index contributed by atoms with van der Waals surface area (Å²) in [5, 5.41) is 15.8. The Kier molecular flexibility index (Phi) is 5.72. The lowest BCUT2D eigenvalue weighted by molar-refractivity contribution is 0.605. The van der Waals surface area contributed by atoms with E-state index in [-0.39, 0.29) is 6.04 Å². The lowest BCUT2D eigenvalue weighted by Gasteiger charge is -2.14. The van der Waals surface area contributed by atoms with Crippen LogP contribution >= 0.6 is 0 Å². The number of nitrogens with one attached hydrogen (secondary N) is 1. The number of hydrogen-bond acceptors (Lipinski definition) is 3. The molecule has 0 aliphatic rings. The molecule has 0 amide bonds. The van der Waals surface area contributed by atoms with Gasteiger partial charge in [0.25, 0.3) is 0 Å². The lowest BCUT2D eigenvalue weighted by atomic mass is 9.99. The molecule has 5 nitrogen and oxygen atoms in total. The zero-order valence-corrected chi connectivity index (χ0v) is 10.7. The van der Waals surface area contributed by atoms with Gasteiger partial charge in [0.15, 0.2) is 0 Å². The van der Waals surface area contributed by atoms with E-state index < -0.39 is 0 Å². The molecule has 0 saturated heterocycles. The summed E-state index contributed by atoms with van der Waals surface area (Å²) in [6, 6.07) is 8.05. The van der Waals surface area contributed by atoms with Crippen LogP contribution in [0.25, 0.3) is 10.4 Å². The van der Waals surface area contributed by atoms with Crippen molar-refractivity contribution in [3.8, 4) is 6.07 Å². The van der Waals surface area contributed by atoms with E-state index in [4.69, 9.17) is 5.53 Å². The van der Waals surface area contributed by atoms with Gasteiger partial charge in [-0.1, -0.05) is 28.9 Å². The Morgan fingerprint density at radius 3 is 2.94 bits per heavy atom. The molecule has 1 aromatic rings. The predicted molar refractivity (Wildman–Crippen MR) is 70.9 cm³/mol. The molecule has 0 aliphatic heterocycles. The molecule has 1 N–H and O–H groups in total. The van der Waals surface area contributed by atoms with Crippen molar-refractivity contribution in [2.75, 3.05) is 13.1 Å². The Hall–Kier alpha value is -2.02. The van der Waals surface area contributed by atoms with E-state index in [1.165, 1.54) is 0 Å². The van der Waals surface area contributed by atoms with Gasteiger partial charge in [0.1, 0.15) is 6.04 Å². The summed E-state index contributed by atoms with van der Waals surface area (Å²) >= 11 is 0. The van der Waals surface area contributed by atoms with Crippen molar-refractivity contribution >= 4 is 0 Å². The highest BCUT2D eigenvalue weighted by Crippen LogP contribution is 2.18. The van der Waals surface area contributed by atoms with Crippen molar-refractivity contribution in [3.63, 3.8) is 0 Å². The summed E-state index contributed by atoms with van der Waals surface area (Å²) in [4.78, 5) is 2.69. The fraction of sp³-hybridized carbons (Fsp3) is 0.462. The van der Waals surface area contributed by atoms with Crippen LogP contribution < -0.4 is 5.32 Å². The Balaban J connectivity index is 2.63. The quantitative estimate of drug-likeness (QED) is 0.360. The van der Waals surface area contributed by atoms with Gasteiger partial charge in [0, 0.05) is 11.5 Å². The molecule has 94 valence electrons. The van der Waals surface area contributed by atoms with Crippen molar-refractivity contribution in [2.45, 2.75) is 26.3 Å². The van der Waals surface area contributed by atoms with E-state index in [9.17, 15) is 5.26 Å². The van der Waals surface area contributed by atoms with Crippen molar-refractivity contribution in [1.82, 2.24) is 5.32 Å². The fourth-order valence-corrected chi connectivity index (χ4v) is 1.74. The van der Waals surface area contributed by atoms with Gasteiger partial charge in [0.05, 0.1) is 6.07 Å². The van der Waals surface area contributed by atoms with Crippen LogP contribution in [0.4, 0.5) is 0 Å². The van der Waals surface area contributed by atoms with Crippen LogP contribution in [0.1, 0.15) is 29.2 Å². The van der Waals surface area contributed by atoms with Crippen molar-refractivity contribution in [3.05, 3.63) is 45.3 Å². The average Bonchev–Trinajstić information content (AvgIpc) is 2.37. The zero-order valence-electron chi connectivity index (χ0n) is 10.7. The summed E-state index contributed by atoms with van der Waals surface area (Å²) in [5.41, 5.74) is 11.4. The minimum atomic E-state index is -0.309. The Morgan fingerprint density at radius 1 is 1.50 bits per heavy atom. The molecule has 0 heterocycles. The maximum Gasteiger partial charge on any atom is 0.121 e. The van der Waals surface area contributed by atoms with E-state index in [0.717, 1.165) is 23.1 Å². The summed E-state index contributed by atoms with van der Waals surface area (Å²) in [6.45, 7) is 5.12. The van der Waals surface area contributed by atoms with Crippen molar-refractivity contribution < 1.29 is 0 Å². The molecule has 0 saturated carbocycles. The Bertz CT molecular complexity index is 483. The van der Waals surface area contributed by atoms with Gasteiger partial charge in [-0.2, -0.15) is 5.26 Å². The molecule has 5 heteroatoms. The van der Waals surface area contributed by atoms with Gasteiger partial charge in [0.2, 0.25) is 0 Å². The molecular formula is C13H17N5. The first-order valence-corrected chi connectivity index (χ1v) is 5.90. The summed E-state index contributed by atoms with van der Waals surface area (Å²) in [6.07, 6.45) is 0.729. The van der Waals surface area contributed by atoms with Crippen LogP contribution in [0, 0.1) is 25.2 Å². The monoisotopic (exact) mass is 243 g/mol. The number of azide groups is 1. The molecular weight excluding hydrogens is 226 g/mol. The average molecular weight is 243 g/mol. The number of rotatable bonds is 6. The minimum absolute atomic E-state index is 0.309. The van der Waals surface area contributed by atoms with Crippen LogP contribution in [0.2, 0.25) is 0 Å². The predicted octanol–water partition coefficient (Wildman–Crippen LogP) is 3.16. The summed E-state index contributed by atoms with van der Waals surface area (Å²) in [5.74, 6) is 0. The first-order chi connectivity index (χ1) is 8.69. The maximum absolute atomic E-state index is 9.20. The van der Waals surface area contributed by atoms with E-state index in [0.29, 0.717) is 13.1 Å². The standard InChI is InChI=1S/C13H17N5/c1-10-4-5-11(2)12(8-10)13(9-14)16-6-3-7-17-18-15/h4-5,8,13,16H,3,6-7H2,1-2H3. The van der Waals surface area contributed by atoms with Crippen molar-refractivity contribution in [2.24, 2.45) is 5.11 Å². The SMILES string of the molecule is Cc1ccc(C)c(C(C#N)NCCCN=[N+]=[N-])c1. The topological polar surface area (TPSA) is 84.6 Å². The van der Waals surface area contributed by atoms with Gasteiger partial charge in [-0.3, -0.25) is 5.32 Å². The first-order valence-electron chi connectivity index (χ1n) is 5.90. The molecule has 1 rings (SSSR count). The van der Waals surface area contributed by atoms with E-state index in [2.05, 4.69) is 21.4 Å². The van der Waals surface area contributed by atoms with Gasteiger partial charge in [-0.15, -0.1) is 0 Å². The largest absolute Gasteiger partial charge is 0.298 e. The highest BCUT2D eigenvalue weighted by molar-refractivity contribution is 5.35. The second kappa shape index (κ2) is 7.33. The molecule has 0 spiro atoms. The fourth-order valence-electron chi connectivity index (χ4n) is 1.74. The number of nitrogens with zero attached hydrogens (tertiary/aromatic N) is 4. The molecule has 0 aromatic heterocycles. The normalized spacial score (nSPS) is 11.4. The third-order valence-corrected chi connectivity index (χ3v) is 2.72. The molecule has 1 aromatic carbocycles. The third-order valence-electron chi connectivity index (χ3n) is 2.72. The summed E-state index contributed by atoms with van der Waals surface area (Å²) in [7, 11) is 0. The molecule has 0 bridgehead atoms. The highest BCUT2D eigenvalue weighted by Gasteiger charge is 2.11. The molecule has 1 atom stereocenters. The first kappa shape index (κ1) is 14.0. The van der Waals surface area contributed by atoms with Gasteiger partial charge in [-0.25, -0.2) is 0 Å². The smallest absolute Gasteiger partial charge is 0.121 e. The minimum Gasteiger partial charge on any atom is -0.298 e. The van der Waals surface area contributed by atoms with Gasteiger partial charge >= 0.3 is 0 Å². The molecule has 18 heavy (non-hydrogen) atoms.